The van der Waals surface area contributed by atoms with Crippen LogP contribution in [0.15, 0.2) is 29.1 Å². The molecule has 0 aliphatic heterocycles. The first-order valence-electron chi connectivity index (χ1n) is 7.63. The maximum absolute atomic E-state index is 12.5. The first kappa shape index (κ1) is 15.3. The fourth-order valence-corrected chi connectivity index (χ4v) is 2.51. The Morgan fingerprint density at radius 1 is 1.29 bits per heavy atom. The highest BCUT2D eigenvalue weighted by molar-refractivity contribution is 5.79. The molecule has 0 aliphatic carbocycles. The summed E-state index contributed by atoms with van der Waals surface area (Å²) in [6.45, 7) is 10.1. The SMILES string of the molecule is CC.CCC(C)c1[nH]c2nc3ccccc3n2c(=O)c1C. The summed E-state index contributed by atoms with van der Waals surface area (Å²) in [7, 11) is 0. The second-order valence-corrected chi connectivity index (χ2v) is 5.04. The van der Waals surface area contributed by atoms with Crippen LogP contribution in [-0.2, 0) is 0 Å². The van der Waals surface area contributed by atoms with Crippen LogP contribution in [0, 0.1) is 6.92 Å². The van der Waals surface area contributed by atoms with Gasteiger partial charge in [0, 0.05) is 11.3 Å². The van der Waals surface area contributed by atoms with Gasteiger partial charge in [0.15, 0.2) is 0 Å². The molecule has 0 bridgehead atoms. The molecule has 0 saturated heterocycles. The van der Waals surface area contributed by atoms with Crippen LogP contribution in [0.5, 0.6) is 0 Å². The van der Waals surface area contributed by atoms with E-state index < -0.39 is 0 Å². The number of imidazole rings is 1. The van der Waals surface area contributed by atoms with Crippen molar-refractivity contribution >= 4 is 16.8 Å². The average Bonchev–Trinajstić information content (AvgIpc) is 2.90. The highest BCUT2D eigenvalue weighted by atomic mass is 16.1. The van der Waals surface area contributed by atoms with Crippen molar-refractivity contribution in [2.24, 2.45) is 0 Å². The lowest BCUT2D eigenvalue weighted by Crippen LogP contribution is -2.20. The molecule has 0 saturated carbocycles. The zero-order chi connectivity index (χ0) is 15.6. The Kier molecular flexibility index (Phi) is 4.46. The molecular formula is C17H23N3O. The Morgan fingerprint density at radius 2 is 1.95 bits per heavy atom. The van der Waals surface area contributed by atoms with Crippen molar-refractivity contribution in [3.05, 3.63) is 45.9 Å². The first-order valence-corrected chi connectivity index (χ1v) is 7.63. The van der Waals surface area contributed by atoms with Gasteiger partial charge in [-0.1, -0.05) is 39.8 Å². The van der Waals surface area contributed by atoms with Gasteiger partial charge in [-0.2, -0.15) is 0 Å². The zero-order valence-corrected chi connectivity index (χ0v) is 13.4. The number of para-hydroxylation sites is 2. The standard InChI is InChI=1S/C15H17N3O.C2H6/c1-4-9(2)13-10(3)14(19)18-12-8-6-5-7-11(12)16-15(18)17-13;1-2/h5-9H,4H2,1-3H3,(H,16,17);1-2H3. The van der Waals surface area contributed by atoms with Gasteiger partial charge in [0.1, 0.15) is 0 Å². The number of aromatic nitrogens is 3. The number of nitrogens with zero attached hydrogens (tertiary/aromatic N) is 2. The van der Waals surface area contributed by atoms with Gasteiger partial charge in [-0.05, 0) is 31.4 Å². The van der Waals surface area contributed by atoms with Crippen molar-refractivity contribution in [3.8, 4) is 0 Å². The van der Waals surface area contributed by atoms with Gasteiger partial charge in [-0.25, -0.2) is 9.38 Å². The molecule has 0 fully saturated rings. The number of benzene rings is 1. The first-order chi connectivity index (χ1) is 10.1. The summed E-state index contributed by atoms with van der Waals surface area (Å²) in [6, 6.07) is 7.70. The van der Waals surface area contributed by atoms with Gasteiger partial charge < -0.3 is 4.98 Å². The molecule has 0 amide bonds. The highest BCUT2D eigenvalue weighted by Gasteiger charge is 2.15. The van der Waals surface area contributed by atoms with Gasteiger partial charge in [0.05, 0.1) is 11.0 Å². The Labute approximate surface area is 124 Å². The molecule has 4 nitrogen and oxygen atoms in total. The minimum absolute atomic E-state index is 0.0257. The molecule has 1 unspecified atom stereocenters. The van der Waals surface area contributed by atoms with E-state index >= 15 is 0 Å². The number of hydrogen-bond acceptors (Lipinski definition) is 2. The summed E-state index contributed by atoms with van der Waals surface area (Å²) in [5.41, 5.74) is 3.51. The van der Waals surface area contributed by atoms with E-state index in [2.05, 4.69) is 23.8 Å². The molecule has 112 valence electrons. The average molecular weight is 285 g/mol. The van der Waals surface area contributed by atoms with E-state index in [0.29, 0.717) is 11.7 Å². The van der Waals surface area contributed by atoms with E-state index in [1.165, 1.54) is 0 Å². The zero-order valence-electron chi connectivity index (χ0n) is 13.4. The maximum atomic E-state index is 12.5. The monoisotopic (exact) mass is 285 g/mol. The van der Waals surface area contributed by atoms with Crippen LogP contribution in [0.1, 0.15) is 51.3 Å². The fourth-order valence-electron chi connectivity index (χ4n) is 2.51. The molecule has 1 N–H and O–H groups in total. The summed E-state index contributed by atoms with van der Waals surface area (Å²) in [5, 5.41) is 0. The number of fused-ring (bicyclic) bond motifs is 3. The van der Waals surface area contributed by atoms with Gasteiger partial charge >= 0.3 is 0 Å². The van der Waals surface area contributed by atoms with E-state index in [4.69, 9.17) is 0 Å². The Hall–Kier alpha value is -2.10. The molecule has 2 aromatic heterocycles. The Bertz CT molecular complexity index is 814. The maximum Gasteiger partial charge on any atom is 0.262 e. The van der Waals surface area contributed by atoms with Crippen molar-refractivity contribution < 1.29 is 0 Å². The lowest BCUT2D eigenvalue weighted by molar-refractivity contribution is 0.697. The lowest BCUT2D eigenvalue weighted by atomic mass is 10.0. The molecule has 1 aromatic carbocycles. The third-order valence-corrected chi connectivity index (χ3v) is 3.84. The summed E-state index contributed by atoms with van der Waals surface area (Å²) in [4.78, 5) is 20.4. The molecule has 0 aliphatic rings. The molecule has 0 spiro atoms. The molecule has 3 rings (SSSR count). The summed E-state index contributed by atoms with van der Waals surface area (Å²) < 4.78 is 1.66. The van der Waals surface area contributed by atoms with Gasteiger partial charge in [0.25, 0.3) is 5.56 Å². The molecule has 0 radical (unpaired) electrons. The van der Waals surface area contributed by atoms with Crippen molar-refractivity contribution in [1.82, 2.24) is 14.4 Å². The van der Waals surface area contributed by atoms with Crippen molar-refractivity contribution in [3.63, 3.8) is 0 Å². The van der Waals surface area contributed by atoms with E-state index in [-0.39, 0.29) is 5.56 Å². The van der Waals surface area contributed by atoms with E-state index in [0.717, 1.165) is 28.7 Å². The van der Waals surface area contributed by atoms with Crippen molar-refractivity contribution in [1.29, 1.82) is 0 Å². The van der Waals surface area contributed by atoms with Gasteiger partial charge in [-0.15, -0.1) is 0 Å². The fraction of sp³-hybridized carbons (Fsp3) is 0.412. The van der Waals surface area contributed by atoms with Crippen LogP contribution in [0.2, 0.25) is 0 Å². The number of H-pyrrole nitrogens is 1. The van der Waals surface area contributed by atoms with E-state index in [9.17, 15) is 4.79 Å². The van der Waals surface area contributed by atoms with Crippen LogP contribution < -0.4 is 5.56 Å². The predicted molar refractivity (Wildman–Crippen MR) is 88.1 cm³/mol. The number of aromatic amines is 1. The molecule has 3 aromatic rings. The minimum Gasteiger partial charge on any atom is -0.328 e. The van der Waals surface area contributed by atoms with Crippen LogP contribution in [0.4, 0.5) is 0 Å². The Morgan fingerprint density at radius 3 is 2.62 bits per heavy atom. The largest absolute Gasteiger partial charge is 0.328 e. The molecule has 21 heavy (non-hydrogen) atoms. The van der Waals surface area contributed by atoms with Crippen molar-refractivity contribution in [2.75, 3.05) is 0 Å². The van der Waals surface area contributed by atoms with E-state index in [1.54, 1.807) is 4.40 Å². The van der Waals surface area contributed by atoms with Crippen LogP contribution in [-0.4, -0.2) is 14.4 Å². The number of nitrogens with one attached hydrogen (secondary N) is 1. The Balaban J connectivity index is 0.000000774. The van der Waals surface area contributed by atoms with Crippen LogP contribution >= 0.6 is 0 Å². The third kappa shape index (κ3) is 2.46. The smallest absolute Gasteiger partial charge is 0.262 e. The minimum atomic E-state index is 0.0257. The van der Waals surface area contributed by atoms with Crippen LogP contribution in [0.25, 0.3) is 16.8 Å². The lowest BCUT2D eigenvalue weighted by Gasteiger charge is -2.12. The van der Waals surface area contributed by atoms with Gasteiger partial charge in [0.2, 0.25) is 5.78 Å². The van der Waals surface area contributed by atoms with Crippen LogP contribution in [0.3, 0.4) is 0 Å². The van der Waals surface area contributed by atoms with Gasteiger partial charge in [-0.3, -0.25) is 4.79 Å². The normalized spacial score (nSPS) is 12.2. The topological polar surface area (TPSA) is 50.2 Å². The molecule has 1 atom stereocenters. The molecule has 2 heterocycles. The highest BCUT2D eigenvalue weighted by Crippen LogP contribution is 2.20. The summed E-state index contributed by atoms with van der Waals surface area (Å²) in [6.07, 6.45) is 0.993. The predicted octanol–water partition coefficient (Wildman–Crippen LogP) is 4.02. The van der Waals surface area contributed by atoms with E-state index in [1.807, 2.05) is 45.0 Å². The quantitative estimate of drug-likeness (QED) is 0.773. The second-order valence-electron chi connectivity index (χ2n) is 5.04. The van der Waals surface area contributed by atoms with Crippen molar-refractivity contribution in [2.45, 2.75) is 47.0 Å². The third-order valence-electron chi connectivity index (χ3n) is 3.84. The summed E-state index contributed by atoms with van der Waals surface area (Å²) >= 11 is 0. The number of hydrogen-bond donors (Lipinski definition) is 1. The molecule has 4 heteroatoms. The second kappa shape index (κ2) is 6.12. The number of rotatable bonds is 2. The molecular weight excluding hydrogens is 262 g/mol. The summed E-state index contributed by atoms with van der Waals surface area (Å²) in [5.74, 6) is 0.963.